The first kappa shape index (κ1) is 9.36. The topological polar surface area (TPSA) is 41.6 Å². The monoisotopic (exact) mass is 229 g/mol. The van der Waals surface area contributed by atoms with Crippen LogP contribution in [-0.2, 0) is 0 Å². The number of halogens is 1. The van der Waals surface area contributed by atoms with Crippen LogP contribution in [0.4, 0.5) is 0 Å². The van der Waals surface area contributed by atoms with E-state index in [0.29, 0.717) is 5.02 Å². The number of aromatic amines is 1. The van der Waals surface area contributed by atoms with Crippen molar-refractivity contribution in [2.45, 2.75) is 0 Å². The van der Waals surface area contributed by atoms with E-state index >= 15 is 0 Å². The maximum absolute atomic E-state index is 5.94. The number of fused-ring (bicyclic) bond motifs is 1. The average Bonchev–Trinajstić information content (AvgIpc) is 2.81. The molecule has 0 amide bonds. The number of nitrogens with one attached hydrogen (secondary N) is 1. The highest BCUT2D eigenvalue weighted by Gasteiger charge is 2.05. The van der Waals surface area contributed by atoms with E-state index in [0.717, 1.165) is 22.2 Å². The zero-order valence-corrected chi connectivity index (χ0v) is 9.07. The quantitative estimate of drug-likeness (QED) is 0.696. The van der Waals surface area contributed by atoms with Gasteiger partial charge in [-0.05, 0) is 18.2 Å². The number of benzene rings is 1. The molecule has 4 heteroatoms. The van der Waals surface area contributed by atoms with Gasteiger partial charge in [0.2, 0.25) is 0 Å². The van der Waals surface area contributed by atoms with Crippen molar-refractivity contribution in [3.63, 3.8) is 0 Å². The largest absolute Gasteiger partial charge is 0.345 e. The molecule has 1 aromatic carbocycles. The molecule has 2 aromatic heterocycles. The lowest BCUT2D eigenvalue weighted by molar-refractivity contribution is 1.31. The fraction of sp³-hybridized carbons (Fsp3) is 0. The Bertz CT molecular complexity index is 632. The SMILES string of the molecule is Clc1ccc2c(-c3cnc[nH]3)ccnc2c1. The summed E-state index contributed by atoms with van der Waals surface area (Å²) in [5.74, 6) is 0. The van der Waals surface area contributed by atoms with E-state index in [1.165, 1.54) is 0 Å². The summed E-state index contributed by atoms with van der Waals surface area (Å²) in [7, 11) is 0. The van der Waals surface area contributed by atoms with Crippen LogP contribution in [0.25, 0.3) is 22.2 Å². The van der Waals surface area contributed by atoms with Crippen molar-refractivity contribution in [3.05, 3.63) is 48.0 Å². The molecule has 0 aliphatic heterocycles. The van der Waals surface area contributed by atoms with Gasteiger partial charge in [0.1, 0.15) is 0 Å². The number of pyridine rings is 1. The van der Waals surface area contributed by atoms with E-state index in [2.05, 4.69) is 15.0 Å². The Morgan fingerprint density at radius 1 is 1.19 bits per heavy atom. The molecule has 0 atom stereocenters. The van der Waals surface area contributed by atoms with Crippen LogP contribution >= 0.6 is 11.6 Å². The van der Waals surface area contributed by atoms with Gasteiger partial charge >= 0.3 is 0 Å². The van der Waals surface area contributed by atoms with E-state index in [1.807, 2.05) is 24.3 Å². The second kappa shape index (κ2) is 3.61. The maximum atomic E-state index is 5.94. The van der Waals surface area contributed by atoms with E-state index in [9.17, 15) is 0 Å². The predicted octanol–water partition coefficient (Wildman–Crippen LogP) is 3.28. The molecule has 0 bridgehead atoms. The molecule has 16 heavy (non-hydrogen) atoms. The Hall–Kier alpha value is -1.87. The van der Waals surface area contributed by atoms with Crippen LogP contribution in [0.15, 0.2) is 43.0 Å². The van der Waals surface area contributed by atoms with Crippen molar-refractivity contribution in [2.24, 2.45) is 0 Å². The molecule has 78 valence electrons. The summed E-state index contributed by atoms with van der Waals surface area (Å²) in [6.07, 6.45) is 5.23. The third-order valence-corrected chi connectivity index (χ3v) is 2.73. The van der Waals surface area contributed by atoms with Crippen LogP contribution in [0.1, 0.15) is 0 Å². The molecule has 0 aliphatic rings. The molecule has 0 fully saturated rings. The Kier molecular flexibility index (Phi) is 2.11. The van der Waals surface area contributed by atoms with Crippen LogP contribution in [0, 0.1) is 0 Å². The van der Waals surface area contributed by atoms with Crippen molar-refractivity contribution >= 4 is 22.5 Å². The molecule has 0 aliphatic carbocycles. The number of imidazole rings is 1. The van der Waals surface area contributed by atoms with Gasteiger partial charge in [-0.25, -0.2) is 4.98 Å². The normalized spacial score (nSPS) is 10.8. The highest BCUT2D eigenvalue weighted by molar-refractivity contribution is 6.31. The molecule has 3 rings (SSSR count). The number of nitrogens with zero attached hydrogens (tertiary/aromatic N) is 2. The van der Waals surface area contributed by atoms with Crippen LogP contribution in [0.2, 0.25) is 5.02 Å². The number of hydrogen-bond donors (Lipinski definition) is 1. The van der Waals surface area contributed by atoms with Gasteiger partial charge in [0.25, 0.3) is 0 Å². The Labute approximate surface area is 97.1 Å². The zero-order chi connectivity index (χ0) is 11.0. The van der Waals surface area contributed by atoms with Gasteiger partial charge in [-0.3, -0.25) is 4.98 Å². The average molecular weight is 230 g/mol. The standard InChI is InChI=1S/C12H8ClN3/c13-8-1-2-9-10(12-6-14-7-16-12)3-4-15-11(9)5-8/h1-7H,(H,14,16). The molecular formula is C12H8ClN3. The molecule has 0 radical (unpaired) electrons. The summed E-state index contributed by atoms with van der Waals surface area (Å²) in [6, 6.07) is 7.66. The first-order chi connectivity index (χ1) is 7.84. The summed E-state index contributed by atoms with van der Waals surface area (Å²) in [5.41, 5.74) is 2.95. The molecule has 3 aromatic rings. The fourth-order valence-corrected chi connectivity index (χ4v) is 1.93. The number of hydrogen-bond acceptors (Lipinski definition) is 2. The summed E-state index contributed by atoms with van der Waals surface area (Å²) in [4.78, 5) is 11.4. The molecule has 1 N–H and O–H groups in total. The van der Waals surface area contributed by atoms with Crippen molar-refractivity contribution < 1.29 is 0 Å². The molecule has 2 heterocycles. The van der Waals surface area contributed by atoms with Crippen LogP contribution < -0.4 is 0 Å². The summed E-state index contributed by atoms with van der Waals surface area (Å²) in [6.45, 7) is 0. The number of rotatable bonds is 1. The maximum Gasteiger partial charge on any atom is 0.0924 e. The lowest BCUT2D eigenvalue weighted by Gasteiger charge is -2.03. The summed E-state index contributed by atoms with van der Waals surface area (Å²) in [5, 5.41) is 1.76. The first-order valence-corrected chi connectivity index (χ1v) is 5.25. The van der Waals surface area contributed by atoms with Gasteiger partial charge in [-0.15, -0.1) is 0 Å². The lowest BCUT2D eigenvalue weighted by atomic mass is 10.1. The minimum Gasteiger partial charge on any atom is -0.345 e. The van der Waals surface area contributed by atoms with E-state index in [-0.39, 0.29) is 0 Å². The minimum absolute atomic E-state index is 0.696. The van der Waals surface area contributed by atoms with Gasteiger partial charge in [-0.2, -0.15) is 0 Å². The molecule has 0 spiro atoms. The Morgan fingerprint density at radius 3 is 2.94 bits per heavy atom. The van der Waals surface area contributed by atoms with Gasteiger partial charge in [0.05, 0.1) is 23.7 Å². The molecule has 0 saturated heterocycles. The van der Waals surface area contributed by atoms with Crippen molar-refractivity contribution in [3.8, 4) is 11.3 Å². The van der Waals surface area contributed by atoms with Crippen molar-refractivity contribution in [1.29, 1.82) is 0 Å². The van der Waals surface area contributed by atoms with Crippen molar-refractivity contribution in [2.75, 3.05) is 0 Å². The van der Waals surface area contributed by atoms with E-state index in [4.69, 9.17) is 11.6 Å². The second-order valence-electron chi connectivity index (χ2n) is 3.49. The lowest BCUT2D eigenvalue weighted by Crippen LogP contribution is -1.84. The van der Waals surface area contributed by atoms with Crippen molar-refractivity contribution in [1.82, 2.24) is 15.0 Å². The third kappa shape index (κ3) is 1.46. The van der Waals surface area contributed by atoms with Gasteiger partial charge < -0.3 is 4.98 Å². The predicted molar refractivity (Wildman–Crippen MR) is 64.3 cm³/mol. The molecule has 0 saturated carbocycles. The first-order valence-electron chi connectivity index (χ1n) is 4.87. The fourth-order valence-electron chi connectivity index (χ4n) is 1.76. The third-order valence-electron chi connectivity index (χ3n) is 2.49. The van der Waals surface area contributed by atoms with Gasteiger partial charge in [0, 0.05) is 22.2 Å². The molecule has 0 unspecified atom stereocenters. The molecular weight excluding hydrogens is 222 g/mol. The van der Waals surface area contributed by atoms with Gasteiger partial charge in [-0.1, -0.05) is 17.7 Å². The molecule has 3 nitrogen and oxygen atoms in total. The Balaban J connectivity index is 2.34. The van der Waals surface area contributed by atoms with Crippen LogP contribution in [-0.4, -0.2) is 15.0 Å². The Morgan fingerprint density at radius 2 is 2.12 bits per heavy atom. The van der Waals surface area contributed by atoms with Crippen LogP contribution in [0.5, 0.6) is 0 Å². The number of aromatic nitrogens is 3. The second-order valence-corrected chi connectivity index (χ2v) is 3.92. The smallest absolute Gasteiger partial charge is 0.0924 e. The van der Waals surface area contributed by atoms with E-state index in [1.54, 1.807) is 18.7 Å². The summed E-state index contributed by atoms with van der Waals surface area (Å²) >= 11 is 5.94. The van der Waals surface area contributed by atoms with Gasteiger partial charge in [0.15, 0.2) is 0 Å². The highest BCUT2D eigenvalue weighted by atomic mass is 35.5. The zero-order valence-electron chi connectivity index (χ0n) is 8.31. The minimum atomic E-state index is 0.696. The summed E-state index contributed by atoms with van der Waals surface area (Å²) < 4.78 is 0. The van der Waals surface area contributed by atoms with Crippen LogP contribution in [0.3, 0.4) is 0 Å². The highest BCUT2D eigenvalue weighted by Crippen LogP contribution is 2.27. The van der Waals surface area contributed by atoms with E-state index < -0.39 is 0 Å². The number of H-pyrrole nitrogens is 1.